The lowest BCUT2D eigenvalue weighted by atomic mass is 10.3. The predicted molar refractivity (Wildman–Crippen MR) is 58.7 cm³/mol. The molecular weight excluding hydrogens is 266 g/mol. The number of aliphatic hydroxyl groups excluding tert-OH is 1. The molecule has 1 heterocycles. The third-order valence-corrected chi connectivity index (χ3v) is 2.32. The van der Waals surface area contributed by atoms with Crippen LogP contribution >= 0.6 is 0 Å². The summed E-state index contributed by atoms with van der Waals surface area (Å²) in [6, 6.07) is 0. The molecule has 0 saturated heterocycles. The van der Waals surface area contributed by atoms with Gasteiger partial charge in [0.15, 0.2) is 0 Å². The van der Waals surface area contributed by atoms with Gasteiger partial charge in [-0.25, -0.2) is 8.78 Å². The van der Waals surface area contributed by atoms with Gasteiger partial charge >= 0.3 is 5.69 Å². The molecule has 1 aromatic heterocycles. The minimum atomic E-state index is -3.10. The standard InChI is InChI=1S/C9H12F2N4O4/c1-5-8(15(18)19)7(9(10)11)13-14(5)4-6(17)12-2-3-16/h9,16H,2-4H2,1H3,(H,12,17). The molecule has 0 aliphatic carbocycles. The Morgan fingerprint density at radius 2 is 2.26 bits per heavy atom. The van der Waals surface area contributed by atoms with Gasteiger partial charge in [-0.2, -0.15) is 5.10 Å². The van der Waals surface area contributed by atoms with E-state index in [-0.39, 0.29) is 18.8 Å². The molecule has 0 spiro atoms. The van der Waals surface area contributed by atoms with Crippen LogP contribution in [0, 0.1) is 17.0 Å². The van der Waals surface area contributed by atoms with E-state index in [0.717, 1.165) is 4.68 Å². The van der Waals surface area contributed by atoms with Crippen LogP contribution in [0.15, 0.2) is 0 Å². The Hall–Kier alpha value is -2.10. The summed E-state index contributed by atoms with van der Waals surface area (Å²) in [6.07, 6.45) is -3.10. The van der Waals surface area contributed by atoms with Crippen LogP contribution in [0.2, 0.25) is 0 Å². The Kier molecular flexibility index (Phi) is 4.87. The summed E-state index contributed by atoms with van der Waals surface area (Å²) in [6.45, 7) is 0.533. The SMILES string of the molecule is Cc1c([N+](=O)[O-])c(C(F)F)nn1CC(=O)NCCO. The van der Waals surface area contributed by atoms with E-state index in [4.69, 9.17) is 5.11 Å². The summed E-state index contributed by atoms with van der Waals surface area (Å²) in [5, 5.41) is 24.9. The third kappa shape index (κ3) is 3.44. The Balaban J connectivity index is 3.00. The maximum absolute atomic E-state index is 12.6. The molecule has 0 saturated carbocycles. The van der Waals surface area contributed by atoms with Crippen molar-refractivity contribution in [3.05, 3.63) is 21.5 Å². The van der Waals surface area contributed by atoms with Gasteiger partial charge in [-0.05, 0) is 6.92 Å². The Bertz CT molecular complexity index is 489. The van der Waals surface area contributed by atoms with E-state index in [1.807, 2.05) is 0 Å². The van der Waals surface area contributed by atoms with Crippen LogP contribution in [-0.2, 0) is 11.3 Å². The number of carbonyl (C=O) groups is 1. The van der Waals surface area contributed by atoms with Crippen LogP contribution in [0.3, 0.4) is 0 Å². The number of amides is 1. The number of aliphatic hydroxyl groups is 1. The van der Waals surface area contributed by atoms with Crippen molar-refractivity contribution in [1.29, 1.82) is 0 Å². The first-order valence-corrected chi connectivity index (χ1v) is 5.25. The molecule has 0 radical (unpaired) electrons. The summed E-state index contributed by atoms with van der Waals surface area (Å²) >= 11 is 0. The highest BCUT2D eigenvalue weighted by molar-refractivity contribution is 5.75. The van der Waals surface area contributed by atoms with Crippen molar-refractivity contribution in [3.8, 4) is 0 Å². The second-order valence-electron chi connectivity index (χ2n) is 3.61. The number of rotatable bonds is 6. The summed E-state index contributed by atoms with van der Waals surface area (Å²) in [5.74, 6) is -0.588. The van der Waals surface area contributed by atoms with E-state index >= 15 is 0 Å². The lowest BCUT2D eigenvalue weighted by Crippen LogP contribution is -2.30. The maximum Gasteiger partial charge on any atom is 0.319 e. The van der Waals surface area contributed by atoms with Crippen molar-refractivity contribution in [3.63, 3.8) is 0 Å². The molecular formula is C9H12F2N4O4. The number of nitrogens with one attached hydrogen (secondary N) is 1. The van der Waals surface area contributed by atoms with E-state index in [1.54, 1.807) is 0 Å². The lowest BCUT2D eigenvalue weighted by molar-refractivity contribution is -0.386. The minimum absolute atomic E-state index is 0.00292. The Morgan fingerprint density at radius 1 is 1.63 bits per heavy atom. The number of halogens is 2. The van der Waals surface area contributed by atoms with Gasteiger partial charge in [0.2, 0.25) is 11.6 Å². The molecule has 0 bridgehead atoms. The molecule has 19 heavy (non-hydrogen) atoms. The fraction of sp³-hybridized carbons (Fsp3) is 0.556. The van der Waals surface area contributed by atoms with Crippen LogP contribution < -0.4 is 5.32 Å². The zero-order chi connectivity index (χ0) is 14.6. The van der Waals surface area contributed by atoms with Crippen molar-refractivity contribution in [2.75, 3.05) is 13.2 Å². The Morgan fingerprint density at radius 3 is 2.68 bits per heavy atom. The van der Waals surface area contributed by atoms with Gasteiger partial charge in [-0.15, -0.1) is 0 Å². The third-order valence-electron chi connectivity index (χ3n) is 2.32. The highest BCUT2D eigenvalue weighted by Crippen LogP contribution is 2.30. The molecule has 1 amide bonds. The number of alkyl halides is 2. The molecule has 0 fully saturated rings. The van der Waals surface area contributed by atoms with Crippen LogP contribution in [0.1, 0.15) is 17.8 Å². The fourth-order valence-corrected chi connectivity index (χ4v) is 1.47. The molecule has 0 unspecified atom stereocenters. The van der Waals surface area contributed by atoms with Crippen LogP contribution in [0.5, 0.6) is 0 Å². The highest BCUT2D eigenvalue weighted by Gasteiger charge is 2.31. The van der Waals surface area contributed by atoms with Gasteiger partial charge in [0.1, 0.15) is 12.2 Å². The maximum atomic E-state index is 12.6. The number of aromatic nitrogens is 2. The second kappa shape index (κ2) is 6.18. The highest BCUT2D eigenvalue weighted by atomic mass is 19.3. The fourth-order valence-electron chi connectivity index (χ4n) is 1.47. The summed E-state index contributed by atoms with van der Waals surface area (Å²) < 4.78 is 26.1. The molecule has 0 aromatic carbocycles. The minimum Gasteiger partial charge on any atom is -0.395 e. The van der Waals surface area contributed by atoms with Crippen molar-refractivity contribution in [2.24, 2.45) is 0 Å². The molecule has 0 aliphatic rings. The molecule has 0 aliphatic heterocycles. The van der Waals surface area contributed by atoms with Crippen LogP contribution in [0.25, 0.3) is 0 Å². The first-order valence-electron chi connectivity index (χ1n) is 5.25. The van der Waals surface area contributed by atoms with Crippen LogP contribution in [-0.4, -0.2) is 38.9 Å². The van der Waals surface area contributed by atoms with E-state index in [9.17, 15) is 23.7 Å². The molecule has 8 nitrogen and oxygen atoms in total. The normalized spacial score (nSPS) is 10.8. The smallest absolute Gasteiger partial charge is 0.319 e. The van der Waals surface area contributed by atoms with Crippen molar-refractivity contribution < 1.29 is 23.6 Å². The van der Waals surface area contributed by atoms with Gasteiger partial charge in [0.05, 0.1) is 11.5 Å². The van der Waals surface area contributed by atoms with Gasteiger partial charge in [0, 0.05) is 6.54 Å². The van der Waals surface area contributed by atoms with Gasteiger partial charge in [-0.1, -0.05) is 0 Å². The topological polar surface area (TPSA) is 110 Å². The van der Waals surface area contributed by atoms with Crippen molar-refractivity contribution in [1.82, 2.24) is 15.1 Å². The van der Waals surface area contributed by atoms with Crippen molar-refractivity contribution >= 4 is 11.6 Å². The monoisotopic (exact) mass is 278 g/mol. The number of hydrogen-bond acceptors (Lipinski definition) is 5. The molecule has 10 heteroatoms. The van der Waals surface area contributed by atoms with Gasteiger partial charge in [0.25, 0.3) is 6.43 Å². The largest absolute Gasteiger partial charge is 0.395 e. The van der Waals surface area contributed by atoms with Gasteiger partial charge in [-0.3, -0.25) is 19.6 Å². The van der Waals surface area contributed by atoms with Crippen LogP contribution in [0.4, 0.5) is 14.5 Å². The lowest BCUT2D eigenvalue weighted by Gasteiger charge is -2.04. The van der Waals surface area contributed by atoms with E-state index in [2.05, 4.69) is 10.4 Å². The molecule has 1 rings (SSSR count). The first kappa shape index (κ1) is 15.0. The van der Waals surface area contributed by atoms with E-state index in [1.165, 1.54) is 6.92 Å². The van der Waals surface area contributed by atoms with Crippen molar-refractivity contribution in [2.45, 2.75) is 19.9 Å². The molecule has 0 atom stereocenters. The zero-order valence-electron chi connectivity index (χ0n) is 9.97. The predicted octanol–water partition coefficient (Wildman–Crippen LogP) is 0.146. The Labute approximate surface area is 106 Å². The summed E-state index contributed by atoms with van der Waals surface area (Å²) in [5.41, 5.74) is -1.87. The van der Waals surface area contributed by atoms with E-state index < -0.39 is 35.2 Å². The summed E-state index contributed by atoms with van der Waals surface area (Å²) in [7, 11) is 0. The molecule has 1 aromatic rings. The average Bonchev–Trinajstić information content (AvgIpc) is 2.64. The average molecular weight is 278 g/mol. The number of carbonyl (C=O) groups excluding carboxylic acids is 1. The molecule has 2 N–H and O–H groups in total. The number of hydrogen-bond donors (Lipinski definition) is 2. The quantitative estimate of drug-likeness (QED) is 0.568. The number of nitrogens with zero attached hydrogens (tertiary/aromatic N) is 3. The first-order chi connectivity index (χ1) is 8.88. The summed E-state index contributed by atoms with van der Waals surface area (Å²) in [4.78, 5) is 21.1. The number of nitro groups is 1. The second-order valence-corrected chi connectivity index (χ2v) is 3.61. The van der Waals surface area contributed by atoms with E-state index in [0.29, 0.717) is 0 Å². The van der Waals surface area contributed by atoms with Gasteiger partial charge < -0.3 is 10.4 Å². The molecule has 106 valence electrons. The zero-order valence-corrected chi connectivity index (χ0v) is 9.97.